The molecule has 0 amide bonds. The SMILES string of the molecule is CCCCCCC(CCCCCCCCCCCN)OC. The molecule has 0 aromatic carbocycles. The van der Waals surface area contributed by atoms with Gasteiger partial charge in [-0.2, -0.15) is 0 Å². The molecule has 2 nitrogen and oxygen atoms in total. The predicted octanol–water partition coefficient (Wildman–Crippen LogP) is 5.83. The van der Waals surface area contributed by atoms with Gasteiger partial charge in [0.1, 0.15) is 0 Å². The van der Waals surface area contributed by atoms with Gasteiger partial charge in [0.15, 0.2) is 0 Å². The smallest absolute Gasteiger partial charge is 0.0571 e. The molecule has 0 aromatic rings. The van der Waals surface area contributed by atoms with Crippen LogP contribution >= 0.6 is 0 Å². The van der Waals surface area contributed by atoms with Crippen LogP contribution in [0.4, 0.5) is 0 Å². The van der Waals surface area contributed by atoms with E-state index in [2.05, 4.69) is 6.92 Å². The average Bonchev–Trinajstić information content (AvgIpc) is 2.51. The molecule has 0 radical (unpaired) electrons. The van der Waals surface area contributed by atoms with Crippen LogP contribution in [0, 0.1) is 0 Å². The van der Waals surface area contributed by atoms with Gasteiger partial charge in [-0.25, -0.2) is 0 Å². The third-order valence-corrected chi connectivity index (χ3v) is 4.44. The highest BCUT2D eigenvalue weighted by atomic mass is 16.5. The fraction of sp³-hybridized carbons (Fsp3) is 1.00. The highest BCUT2D eigenvalue weighted by Crippen LogP contribution is 2.15. The first kappa shape index (κ1) is 20.9. The maximum Gasteiger partial charge on any atom is 0.0571 e. The van der Waals surface area contributed by atoms with Gasteiger partial charge in [0.05, 0.1) is 6.10 Å². The summed E-state index contributed by atoms with van der Waals surface area (Å²) in [5, 5.41) is 0. The van der Waals surface area contributed by atoms with Crippen molar-refractivity contribution in [3.8, 4) is 0 Å². The van der Waals surface area contributed by atoms with E-state index in [9.17, 15) is 0 Å². The van der Waals surface area contributed by atoms with Gasteiger partial charge in [0.2, 0.25) is 0 Å². The molecule has 0 aliphatic rings. The maximum absolute atomic E-state index is 5.60. The van der Waals surface area contributed by atoms with Crippen LogP contribution in [0.3, 0.4) is 0 Å². The van der Waals surface area contributed by atoms with Gasteiger partial charge in [-0.3, -0.25) is 0 Å². The van der Waals surface area contributed by atoms with Crippen LogP contribution in [-0.4, -0.2) is 19.8 Å². The number of rotatable bonds is 17. The van der Waals surface area contributed by atoms with Crippen LogP contribution in [0.1, 0.15) is 103 Å². The van der Waals surface area contributed by atoms with Crippen molar-refractivity contribution in [3.05, 3.63) is 0 Å². The lowest BCUT2D eigenvalue weighted by Crippen LogP contribution is -2.10. The largest absolute Gasteiger partial charge is 0.381 e. The zero-order valence-electron chi connectivity index (χ0n) is 14.9. The molecule has 1 unspecified atom stereocenters. The molecule has 0 rings (SSSR count). The number of methoxy groups -OCH3 is 1. The van der Waals surface area contributed by atoms with Crippen molar-refractivity contribution in [2.75, 3.05) is 13.7 Å². The fourth-order valence-electron chi connectivity index (χ4n) is 2.93. The summed E-state index contributed by atoms with van der Waals surface area (Å²) < 4.78 is 5.60. The lowest BCUT2D eigenvalue weighted by molar-refractivity contribution is 0.0832. The Balaban J connectivity index is 3.23. The topological polar surface area (TPSA) is 35.2 Å². The third-order valence-electron chi connectivity index (χ3n) is 4.44. The summed E-state index contributed by atoms with van der Waals surface area (Å²) in [7, 11) is 1.88. The molecule has 0 saturated heterocycles. The van der Waals surface area contributed by atoms with Crippen molar-refractivity contribution in [3.63, 3.8) is 0 Å². The van der Waals surface area contributed by atoms with Gasteiger partial charge in [-0.05, 0) is 25.8 Å². The molecular formula is C19H41NO. The highest BCUT2D eigenvalue weighted by molar-refractivity contribution is 4.59. The molecule has 0 fully saturated rings. The van der Waals surface area contributed by atoms with Gasteiger partial charge in [-0.15, -0.1) is 0 Å². The van der Waals surface area contributed by atoms with E-state index in [4.69, 9.17) is 10.5 Å². The molecule has 0 aliphatic heterocycles. The first-order chi connectivity index (χ1) is 10.3. The minimum Gasteiger partial charge on any atom is -0.381 e. The van der Waals surface area contributed by atoms with E-state index in [-0.39, 0.29) is 0 Å². The number of ether oxygens (including phenoxy) is 1. The highest BCUT2D eigenvalue weighted by Gasteiger charge is 2.06. The third kappa shape index (κ3) is 16.1. The van der Waals surface area contributed by atoms with E-state index >= 15 is 0 Å². The van der Waals surface area contributed by atoms with E-state index in [1.807, 2.05) is 7.11 Å². The summed E-state index contributed by atoms with van der Waals surface area (Å²) in [6.45, 7) is 3.13. The first-order valence-electron chi connectivity index (χ1n) is 9.58. The van der Waals surface area contributed by atoms with Crippen LogP contribution in [0.15, 0.2) is 0 Å². The second-order valence-corrected chi connectivity index (χ2v) is 6.47. The predicted molar refractivity (Wildman–Crippen MR) is 94.8 cm³/mol. The Morgan fingerprint density at radius 3 is 1.52 bits per heavy atom. The first-order valence-corrected chi connectivity index (χ1v) is 9.58. The van der Waals surface area contributed by atoms with Crippen LogP contribution in [0.25, 0.3) is 0 Å². The van der Waals surface area contributed by atoms with Gasteiger partial charge in [0, 0.05) is 7.11 Å². The van der Waals surface area contributed by atoms with Crippen molar-refractivity contribution >= 4 is 0 Å². The number of hydrogen-bond acceptors (Lipinski definition) is 2. The molecule has 0 aliphatic carbocycles. The normalized spacial score (nSPS) is 12.7. The molecule has 0 aromatic heterocycles. The maximum atomic E-state index is 5.60. The monoisotopic (exact) mass is 299 g/mol. The summed E-state index contributed by atoms with van der Waals surface area (Å²) in [5.41, 5.74) is 5.50. The number of unbranched alkanes of at least 4 members (excludes halogenated alkanes) is 11. The summed E-state index contributed by atoms with van der Waals surface area (Å²) in [5.74, 6) is 0. The summed E-state index contributed by atoms with van der Waals surface area (Å²) in [6.07, 6.45) is 20.7. The molecular weight excluding hydrogens is 258 g/mol. The van der Waals surface area contributed by atoms with Crippen LogP contribution < -0.4 is 5.73 Å². The Labute approximate surface area is 134 Å². The summed E-state index contributed by atoms with van der Waals surface area (Å²) in [4.78, 5) is 0. The lowest BCUT2D eigenvalue weighted by atomic mass is 10.0. The molecule has 2 heteroatoms. The molecule has 0 spiro atoms. The molecule has 0 saturated carbocycles. The lowest BCUT2D eigenvalue weighted by Gasteiger charge is -2.15. The average molecular weight is 300 g/mol. The zero-order chi connectivity index (χ0) is 15.6. The summed E-state index contributed by atoms with van der Waals surface area (Å²) in [6, 6.07) is 0. The van der Waals surface area contributed by atoms with Crippen molar-refractivity contribution < 1.29 is 4.74 Å². The molecule has 1 atom stereocenters. The zero-order valence-corrected chi connectivity index (χ0v) is 14.9. The fourth-order valence-corrected chi connectivity index (χ4v) is 2.93. The standard InChI is InChI=1S/C19H41NO/c1-3-4-5-13-16-19(21-2)17-14-11-9-7-6-8-10-12-15-18-20/h19H,3-18,20H2,1-2H3. The van der Waals surface area contributed by atoms with Gasteiger partial charge >= 0.3 is 0 Å². The van der Waals surface area contributed by atoms with Gasteiger partial charge < -0.3 is 10.5 Å². The minimum absolute atomic E-state index is 0.512. The Hall–Kier alpha value is -0.0800. The van der Waals surface area contributed by atoms with Crippen molar-refractivity contribution in [2.45, 2.75) is 109 Å². The quantitative estimate of drug-likeness (QED) is 0.343. The minimum atomic E-state index is 0.512. The van der Waals surface area contributed by atoms with Gasteiger partial charge in [0.25, 0.3) is 0 Å². The van der Waals surface area contributed by atoms with E-state index in [0.717, 1.165) is 6.54 Å². The van der Waals surface area contributed by atoms with Gasteiger partial charge in [-0.1, -0.05) is 84.0 Å². The molecule has 128 valence electrons. The number of hydrogen-bond donors (Lipinski definition) is 1. The second kappa shape index (κ2) is 18.0. The van der Waals surface area contributed by atoms with E-state index < -0.39 is 0 Å². The van der Waals surface area contributed by atoms with E-state index in [1.165, 1.54) is 96.3 Å². The Morgan fingerprint density at radius 2 is 1.10 bits per heavy atom. The van der Waals surface area contributed by atoms with Crippen LogP contribution in [0.2, 0.25) is 0 Å². The van der Waals surface area contributed by atoms with Crippen molar-refractivity contribution in [1.29, 1.82) is 0 Å². The molecule has 0 bridgehead atoms. The molecule has 0 heterocycles. The number of nitrogens with two attached hydrogens (primary N) is 1. The Kier molecular flexibility index (Phi) is 17.9. The van der Waals surface area contributed by atoms with E-state index in [0.29, 0.717) is 6.10 Å². The second-order valence-electron chi connectivity index (χ2n) is 6.47. The Bertz CT molecular complexity index is 184. The van der Waals surface area contributed by atoms with E-state index in [1.54, 1.807) is 0 Å². The van der Waals surface area contributed by atoms with Crippen LogP contribution in [-0.2, 0) is 4.74 Å². The molecule has 2 N–H and O–H groups in total. The molecule has 21 heavy (non-hydrogen) atoms. The van der Waals surface area contributed by atoms with Crippen LogP contribution in [0.5, 0.6) is 0 Å². The van der Waals surface area contributed by atoms with Crippen molar-refractivity contribution in [1.82, 2.24) is 0 Å². The summed E-state index contributed by atoms with van der Waals surface area (Å²) >= 11 is 0. The van der Waals surface area contributed by atoms with Crippen molar-refractivity contribution in [2.24, 2.45) is 5.73 Å². The Morgan fingerprint density at radius 1 is 0.667 bits per heavy atom.